The highest BCUT2D eigenvalue weighted by molar-refractivity contribution is 7.09. The van der Waals surface area contributed by atoms with Crippen molar-refractivity contribution in [3.63, 3.8) is 0 Å². The maximum atomic E-state index is 11.7. The van der Waals surface area contributed by atoms with E-state index >= 15 is 0 Å². The van der Waals surface area contributed by atoms with E-state index in [0.717, 1.165) is 84.0 Å². The molecule has 0 aliphatic carbocycles. The number of nitrogens with zero attached hydrogens (tertiary/aromatic N) is 4. The number of carbonyl (C=O) groups is 1. The van der Waals surface area contributed by atoms with Gasteiger partial charge in [-0.1, -0.05) is 6.92 Å². The first-order valence-electron chi connectivity index (χ1n) is 11.6. The lowest BCUT2D eigenvalue weighted by Crippen LogP contribution is -2.40. The van der Waals surface area contributed by atoms with Gasteiger partial charge in [-0.05, 0) is 58.0 Å². The van der Waals surface area contributed by atoms with Crippen molar-refractivity contribution in [2.45, 2.75) is 58.9 Å². The Hall–Kier alpha value is -1.67. The van der Waals surface area contributed by atoms with Gasteiger partial charge in [-0.25, -0.2) is 4.98 Å². The number of aryl methyl sites for hydroxylation is 1. The Balaban J connectivity index is 1.34. The summed E-state index contributed by atoms with van der Waals surface area (Å²) in [4.78, 5) is 25.7. The van der Waals surface area contributed by atoms with Crippen LogP contribution in [-0.4, -0.2) is 72.5 Å². The van der Waals surface area contributed by atoms with Gasteiger partial charge in [0.1, 0.15) is 0 Å². The van der Waals surface area contributed by atoms with E-state index in [9.17, 15) is 4.79 Å². The lowest BCUT2D eigenvalue weighted by molar-refractivity contribution is -0.127. The van der Waals surface area contributed by atoms with Crippen LogP contribution in [0.5, 0.6) is 0 Å². The predicted octanol–water partition coefficient (Wildman–Crippen LogP) is 2.49. The third kappa shape index (κ3) is 7.23. The third-order valence-corrected chi connectivity index (χ3v) is 6.96. The summed E-state index contributed by atoms with van der Waals surface area (Å²) in [5, 5.41) is 10.2. The quantitative estimate of drug-likeness (QED) is 0.336. The number of aromatic nitrogens is 1. The molecule has 1 aromatic rings. The third-order valence-electron chi connectivity index (χ3n) is 5.91. The van der Waals surface area contributed by atoms with Crippen molar-refractivity contribution in [2.75, 3.05) is 45.8 Å². The number of rotatable bonds is 10. The molecule has 1 aromatic heterocycles. The van der Waals surface area contributed by atoms with Crippen LogP contribution in [0.3, 0.4) is 0 Å². The largest absolute Gasteiger partial charge is 0.357 e. The van der Waals surface area contributed by atoms with Gasteiger partial charge in [0.25, 0.3) is 0 Å². The van der Waals surface area contributed by atoms with E-state index in [1.807, 2.05) is 4.90 Å². The lowest BCUT2D eigenvalue weighted by Gasteiger charge is -2.30. The molecule has 168 valence electrons. The number of aliphatic imine (C=N–C) groups is 1. The highest BCUT2D eigenvalue weighted by atomic mass is 32.1. The number of nitrogens with one attached hydrogen (secondary N) is 2. The standard InChI is InChI=1S/C22H38N6OS/c1-3-20-26-19(17-30-20)16-27-13-8-18(9-14-27)15-25-22(23-4-2)24-10-6-12-28-11-5-7-21(28)29/h17-18H,3-16H2,1-2H3,(H2,23,24,25). The number of amides is 1. The highest BCUT2D eigenvalue weighted by Crippen LogP contribution is 2.20. The highest BCUT2D eigenvalue weighted by Gasteiger charge is 2.20. The van der Waals surface area contributed by atoms with Crippen molar-refractivity contribution >= 4 is 23.2 Å². The van der Waals surface area contributed by atoms with Crippen molar-refractivity contribution in [1.82, 2.24) is 25.4 Å². The number of carbonyl (C=O) groups excluding carboxylic acids is 1. The molecule has 0 unspecified atom stereocenters. The summed E-state index contributed by atoms with van der Waals surface area (Å²) in [7, 11) is 0. The second kappa shape index (κ2) is 12.2. The Morgan fingerprint density at radius 3 is 2.77 bits per heavy atom. The second-order valence-corrected chi connectivity index (χ2v) is 9.23. The number of likely N-dealkylation sites (tertiary alicyclic amines) is 2. The monoisotopic (exact) mass is 434 g/mol. The molecule has 2 fully saturated rings. The second-order valence-electron chi connectivity index (χ2n) is 8.29. The SMILES string of the molecule is CCNC(=NCC1CCN(Cc2csc(CC)n2)CC1)NCCCN1CCCC1=O. The van der Waals surface area contributed by atoms with Crippen LogP contribution in [0.1, 0.15) is 56.7 Å². The minimum atomic E-state index is 0.308. The van der Waals surface area contributed by atoms with Crippen molar-refractivity contribution in [1.29, 1.82) is 0 Å². The summed E-state index contributed by atoms with van der Waals surface area (Å²) < 4.78 is 0. The fraction of sp³-hybridized carbons (Fsp3) is 0.773. The topological polar surface area (TPSA) is 72.9 Å². The molecule has 0 spiro atoms. The molecule has 2 aliphatic heterocycles. The average Bonchev–Trinajstić information content (AvgIpc) is 3.39. The molecule has 0 aromatic carbocycles. The predicted molar refractivity (Wildman–Crippen MR) is 124 cm³/mol. The van der Waals surface area contributed by atoms with Crippen molar-refractivity contribution in [2.24, 2.45) is 10.9 Å². The molecule has 2 aliphatic rings. The zero-order valence-electron chi connectivity index (χ0n) is 18.7. The summed E-state index contributed by atoms with van der Waals surface area (Å²) in [6.07, 6.45) is 6.13. The van der Waals surface area contributed by atoms with Crippen LogP contribution in [0.15, 0.2) is 10.4 Å². The Morgan fingerprint density at radius 1 is 1.27 bits per heavy atom. The molecule has 0 atom stereocenters. The molecule has 1 amide bonds. The van der Waals surface area contributed by atoms with Crippen molar-refractivity contribution in [3.05, 3.63) is 16.1 Å². The number of guanidine groups is 1. The molecular formula is C22H38N6OS. The smallest absolute Gasteiger partial charge is 0.222 e. The van der Waals surface area contributed by atoms with E-state index in [4.69, 9.17) is 9.98 Å². The van der Waals surface area contributed by atoms with E-state index in [0.29, 0.717) is 11.8 Å². The van der Waals surface area contributed by atoms with Crippen LogP contribution in [0.2, 0.25) is 0 Å². The first-order chi connectivity index (χ1) is 14.7. The Bertz CT molecular complexity index is 683. The minimum absolute atomic E-state index is 0.308. The Labute approximate surface area is 185 Å². The molecule has 2 saturated heterocycles. The molecule has 8 heteroatoms. The van der Waals surface area contributed by atoms with Gasteiger partial charge in [-0.15, -0.1) is 11.3 Å². The molecule has 0 bridgehead atoms. The molecule has 7 nitrogen and oxygen atoms in total. The normalized spacial score (nSPS) is 18.9. The first kappa shape index (κ1) is 23.0. The summed E-state index contributed by atoms with van der Waals surface area (Å²) in [5.41, 5.74) is 1.22. The van der Waals surface area contributed by atoms with Gasteiger partial charge >= 0.3 is 0 Å². The van der Waals surface area contributed by atoms with Gasteiger partial charge < -0.3 is 15.5 Å². The van der Waals surface area contributed by atoms with Crippen LogP contribution in [0.25, 0.3) is 0 Å². The molecule has 3 heterocycles. The van der Waals surface area contributed by atoms with Gasteiger partial charge in [0.15, 0.2) is 5.96 Å². The van der Waals surface area contributed by atoms with Crippen LogP contribution in [0, 0.1) is 5.92 Å². The maximum absolute atomic E-state index is 11.7. The van der Waals surface area contributed by atoms with Crippen LogP contribution < -0.4 is 10.6 Å². The molecule has 0 saturated carbocycles. The van der Waals surface area contributed by atoms with Gasteiger partial charge in [0, 0.05) is 51.1 Å². The number of piperidine rings is 1. The molecule has 2 N–H and O–H groups in total. The summed E-state index contributed by atoms with van der Waals surface area (Å²) >= 11 is 1.78. The number of hydrogen-bond donors (Lipinski definition) is 2. The number of hydrogen-bond acceptors (Lipinski definition) is 5. The maximum Gasteiger partial charge on any atom is 0.222 e. The lowest BCUT2D eigenvalue weighted by atomic mass is 9.97. The van der Waals surface area contributed by atoms with E-state index < -0.39 is 0 Å². The van der Waals surface area contributed by atoms with Crippen LogP contribution in [-0.2, 0) is 17.8 Å². The summed E-state index contributed by atoms with van der Waals surface area (Å²) in [5.74, 6) is 1.87. The van der Waals surface area contributed by atoms with Gasteiger partial charge in [0.05, 0.1) is 10.7 Å². The fourth-order valence-electron chi connectivity index (χ4n) is 4.12. The summed E-state index contributed by atoms with van der Waals surface area (Å²) in [6.45, 7) is 11.9. The van der Waals surface area contributed by atoms with Crippen molar-refractivity contribution < 1.29 is 4.79 Å². The van der Waals surface area contributed by atoms with E-state index in [1.54, 1.807) is 11.3 Å². The zero-order valence-corrected chi connectivity index (χ0v) is 19.5. The van der Waals surface area contributed by atoms with Crippen molar-refractivity contribution in [3.8, 4) is 0 Å². The molecule has 0 radical (unpaired) electrons. The molecule has 3 rings (SSSR count). The van der Waals surface area contributed by atoms with E-state index in [-0.39, 0.29) is 0 Å². The number of thiazole rings is 1. The Kier molecular flexibility index (Phi) is 9.39. The van der Waals surface area contributed by atoms with E-state index in [2.05, 4.69) is 34.8 Å². The molecule has 30 heavy (non-hydrogen) atoms. The van der Waals surface area contributed by atoms with E-state index in [1.165, 1.54) is 23.5 Å². The first-order valence-corrected chi connectivity index (χ1v) is 12.5. The van der Waals surface area contributed by atoms with Gasteiger partial charge in [-0.2, -0.15) is 0 Å². The molecular weight excluding hydrogens is 396 g/mol. The van der Waals surface area contributed by atoms with Gasteiger partial charge in [-0.3, -0.25) is 14.7 Å². The Morgan fingerprint density at radius 2 is 2.10 bits per heavy atom. The van der Waals surface area contributed by atoms with Gasteiger partial charge in [0.2, 0.25) is 5.91 Å². The summed E-state index contributed by atoms with van der Waals surface area (Å²) in [6, 6.07) is 0. The fourth-order valence-corrected chi connectivity index (χ4v) is 4.86. The average molecular weight is 435 g/mol. The zero-order chi connectivity index (χ0) is 21.2. The van der Waals surface area contributed by atoms with Crippen LogP contribution >= 0.6 is 11.3 Å². The van der Waals surface area contributed by atoms with Crippen LogP contribution in [0.4, 0.5) is 0 Å². The minimum Gasteiger partial charge on any atom is -0.357 e.